The van der Waals surface area contributed by atoms with Crippen molar-refractivity contribution in [1.82, 2.24) is 10.3 Å². The van der Waals surface area contributed by atoms with Crippen molar-refractivity contribution in [3.63, 3.8) is 0 Å². The Morgan fingerprint density at radius 3 is 2.71 bits per heavy atom. The summed E-state index contributed by atoms with van der Waals surface area (Å²) in [6, 6.07) is 4.30. The molecule has 0 aromatic carbocycles. The Kier molecular flexibility index (Phi) is 6.50. The Bertz CT molecular complexity index is 425. The lowest BCUT2D eigenvalue weighted by Crippen LogP contribution is -2.15. The van der Waals surface area contributed by atoms with Crippen molar-refractivity contribution in [1.29, 1.82) is 0 Å². The molecule has 2 rings (SSSR count). The molecule has 0 unspecified atom stereocenters. The van der Waals surface area contributed by atoms with Crippen LogP contribution in [0.1, 0.15) is 70.1 Å². The third-order valence-corrected chi connectivity index (χ3v) is 4.17. The first-order valence-corrected chi connectivity index (χ1v) is 8.53. The smallest absolute Gasteiger partial charge is 0.213 e. The molecule has 1 saturated carbocycles. The summed E-state index contributed by atoms with van der Waals surface area (Å²) in [4.78, 5) is 4.67. The summed E-state index contributed by atoms with van der Waals surface area (Å²) in [7, 11) is 0. The number of hydrogen-bond donors (Lipinski definition) is 1. The predicted molar refractivity (Wildman–Crippen MR) is 87.8 cm³/mol. The van der Waals surface area contributed by atoms with Gasteiger partial charge in [-0.1, -0.05) is 33.6 Å². The lowest BCUT2D eigenvalue weighted by Gasteiger charge is -2.14. The zero-order chi connectivity index (χ0) is 15.1. The minimum Gasteiger partial charge on any atom is -0.477 e. The molecule has 0 saturated heterocycles. The third-order valence-electron chi connectivity index (χ3n) is 4.17. The molecule has 1 aromatic heterocycles. The molecule has 118 valence electrons. The highest BCUT2D eigenvalue weighted by Gasteiger charge is 2.16. The van der Waals surface area contributed by atoms with Crippen molar-refractivity contribution < 1.29 is 4.74 Å². The largest absolute Gasteiger partial charge is 0.477 e. The molecule has 0 atom stereocenters. The van der Waals surface area contributed by atoms with Crippen LogP contribution in [0, 0.1) is 5.92 Å². The average molecular weight is 290 g/mol. The van der Waals surface area contributed by atoms with Crippen molar-refractivity contribution in [3.05, 3.63) is 23.4 Å². The predicted octanol–water partition coefficient (Wildman–Crippen LogP) is 4.27. The maximum Gasteiger partial charge on any atom is 0.213 e. The highest BCUT2D eigenvalue weighted by molar-refractivity contribution is 5.26. The van der Waals surface area contributed by atoms with E-state index in [1.807, 2.05) is 0 Å². The molecule has 1 aliphatic rings. The second-order valence-corrected chi connectivity index (χ2v) is 6.53. The van der Waals surface area contributed by atoms with E-state index in [-0.39, 0.29) is 0 Å². The molecule has 1 heterocycles. The zero-order valence-corrected chi connectivity index (χ0v) is 13.8. The van der Waals surface area contributed by atoms with Gasteiger partial charge < -0.3 is 10.1 Å². The molecule has 0 spiro atoms. The van der Waals surface area contributed by atoms with Crippen LogP contribution in [0.5, 0.6) is 5.88 Å². The molecule has 0 bridgehead atoms. The van der Waals surface area contributed by atoms with Gasteiger partial charge in [-0.3, -0.25) is 0 Å². The molecule has 1 fully saturated rings. The van der Waals surface area contributed by atoms with Crippen LogP contribution in [-0.4, -0.2) is 18.1 Å². The second kappa shape index (κ2) is 8.38. The fourth-order valence-electron chi connectivity index (χ4n) is 2.84. The fourth-order valence-corrected chi connectivity index (χ4v) is 2.84. The quantitative estimate of drug-likeness (QED) is 0.726. The van der Waals surface area contributed by atoms with Gasteiger partial charge in [0.25, 0.3) is 0 Å². The number of rotatable bonds is 8. The van der Waals surface area contributed by atoms with E-state index >= 15 is 0 Å². The van der Waals surface area contributed by atoms with Gasteiger partial charge in [0.05, 0.1) is 6.61 Å². The Hall–Kier alpha value is -1.09. The maximum absolute atomic E-state index is 5.99. The van der Waals surface area contributed by atoms with Crippen molar-refractivity contribution in [2.24, 2.45) is 5.92 Å². The summed E-state index contributed by atoms with van der Waals surface area (Å²) in [5.41, 5.74) is 2.41. The van der Waals surface area contributed by atoms with E-state index in [2.05, 4.69) is 43.2 Å². The highest BCUT2D eigenvalue weighted by atomic mass is 16.5. The van der Waals surface area contributed by atoms with E-state index in [1.165, 1.54) is 31.2 Å². The van der Waals surface area contributed by atoms with Gasteiger partial charge in [-0.15, -0.1) is 0 Å². The standard InChI is InChI=1S/C18H30N2O/c1-4-9-19-12-16-10-17(14(2)3)20-18(11-16)21-13-15-7-5-6-8-15/h10-11,14-15,19H,4-9,12-13H2,1-3H3. The molecular formula is C18H30N2O. The van der Waals surface area contributed by atoms with Gasteiger partial charge in [0, 0.05) is 18.3 Å². The van der Waals surface area contributed by atoms with Gasteiger partial charge >= 0.3 is 0 Å². The van der Waals surface area contributed by atoms with Crippen LogP contribution in [0.25, 0.3) is 0 Å². The minimum absolute atomic E-state index is 0.435. The lowest BCUT2D eigenvalue weighted by atomic mass is 10.1. The molecule has 3 heteroatoms. The Morgan fingerprint density at radius 2 is 2.05 bits per heavy atom. The average Bonchev–Trinajstić information content (AvgIpc) is 2.98. The van der Waals surface area contributed by atoms with Crippen molar-refractivity contribution in [2.45, 2.75) is 65.3 Å². The van der Waals surface area contributed by atoms with Crippen LogP contribution in [0.2, 0.25) is 0 Å². The molecule has 1 N–H and O–H groups in total. The normalized spacial score (nSPS) is 15.8. The molecule has 21 heavy (non-hydrogen) atoms. The molecular weight excluding hydrogens is 260 g/mol. The van der Waals surface area contributed by atoms with E-state index < -0.39 is 0 Å². The fraction of sp³-hybridized carbons (Fsp3) is 0.722. The SMILES string of the molecule is CCCNCc1cc(OCC2CCCC2)nc(C(C)C)c1. The summed E-state index contributed by atoms with van der Waals surface area (Å²) in [6.07, 6.45) is 6.51. The lowest BCUT2D eigenvalue weighted by molar-refractivity contribution is 0.242. The van der Waals surface area contributed by atoms with Crippen LogP contribution in [-0.2, 0) is 6.54 Å². The first-order chi connectivity index (χ1) is 10.2. The number of pyridine rings is 1. The van der Waals surface area contributed by atoms with Gasteiger partial charge in [-0.2, -0.15) is 0 Å². The van der Waals surface area contributed by atoms with E-state index in [4.69, 9.17) is 4.74 Å². The van der Waals surface area contributed by atoms with Crippen LogP contribution >= 0.6 is 0 Å². The molecule has 1 aromatic rings. The van der Waals surface area contributed by atoms with Crippen LogP contribution in [0.3, 0.4) is 0 Å². The molecule has 0 aliphatic heterocycles. The van der Waals surface area contributed by atoms with Crippen molar-refractivity contribution in [2.75, 3.05) is 13.2 Å². The van der Waals surface area contributed by atoms with E-state index in [0.717, 1.165) is 43.6 Å². The van der Waals surface area contributed by atoms with Gasteiger partial charge in [0.15, 0.2) is 0 Å². The Morgan fingerprint density at radius 1 is 1.29 bits per heavy atom. The van der Waals surface area contributed by atoms with E-state index in [9.17, 15) is 0 Å². The molecule has 0 amide bonds. The monoisotopic (exact) mass is 290 g/mol. The highest BCUT2D eigenvalue weighted by Crippen LogP contribution is 2.26. The molecule has 3 nitrogen and oxygen atoms in total. The van der Waals surface area contributed by atoms with Crippen molar-refractivity contribution in [3.8, 4) is 5.88 Å². The third kappa shape index (κ3) is 5.31. The van der Waals surface area contributed by atoms with Gasteiger partial charge in [-0.25, -0.2) is 4.98 Å². The van der Waals surface area contributed by atoms with Gasteiger partial charge in [-0.05, 0) is 49.3 Å². The topological polar surface area (TPSA) is 34.1 Å². The number of nitrogens with zero attached hydrogens (tertiary/aromatic N) is 1. The minimum atomic E-state index is 0.435. The summed E-state index contributed by atoms with van der Waals surface area (Å²) in [5, 5.41) is 3.46. The van der Waals surface area contributed by atoms with Crippen LogP contribution < -0.4 is 10.1 Å². The number of aromatic nitrogens is 1. The number of ether oxygens (including phenoxy) is 1. The summed E-state index contributed by atoms with van der Waals surface area (Å²) in [6.45, 7) is 9.34. The molecule has 0 radical (unpaired) electrons. The Labute approximate surface area is 129 Å². The van der Waals surface area contributed by atoms with E-state index in [0.29, 0.717) is 5.92 Å². The summed E-state index contributed by atoms with van der Waals surface area (Å²) < 4.78 is 5.99. The number of hydrogen-bond acceptors (Lipinski definition) is 3. The summed E-state index contributed by atoms with van der Waals surface area (Å²) >= 11 is 0. The molecule has 1 aliphatic carbocycles. The van der Waals surface area contributed by atoms with Gasteiger partial charge in [0.1, 0.15) is 0 Å². The summed E-state index contributed by atoms with van der Waals surface area (Å²) in [5.74, 6) is 1.97. The van der Waals surface area contributed by atoms with Gasteiger partial charge in [0.2, 0.25) is 5.88 Å². The van der Waals surface area contributed by atoms with E-state index in [1.54, 1.807) is 0 Å². The van der Waals surface area contributed by atoms with Crippen LogP contribution in [0.4, 0.5) is 0 Å². The maximum atomic E-state index is 5.99. The number of nitrogens with one attached hydrogen (secondary N) is 1. The Balaban J connectivity index is 1.99. The van der Waals surface area contributed by atoms with Crippen molar-refractivity contribution >= 4 is 0 Å². The first-order valence-electron chi connectivity index (χ1n) is 8.53. The van der Waals surface area contributed by atoms with Crippen LogP contribution in [0.15, 0.2) is 12.1 Å². The second-order valence-electron chi connectivity index (χ2n) is 6.53. The zero-order valence-electron chi connectivity index (χ0n) is 13.8. The first kappa shape index (κ1) is 16.3.